The van der Waals surface area contributed by atoms with E-state index in [0.717, 1.165) is 5.75 Å². The number of amides is 1. The zero-order valence-corrected chi connectivity index (χ0v) is 15.0. The summed E-state index contributed by atoms with van der Waals surface area (Å²) >= 11 is 0. The van der Waals surface area contributed by atoms with Gasteiger partial charge in [0.05, 0.1) is 35.9 Å². The molecule has 3 rings (SSSR count). The van der Waals surface area contributed by atoms with Gasteiger partial charge in [0.2, 0.25) is 0 Å². The van der Waals surface area contributed by atoms with Crippen LogP contribution in [0.4, 0.5) is 5.69 Å². The molecule has 2 aromatic rings. The van der Waals surface area contributed by atoms with Crippen LogP contribution in [0.15, 0.2) is 30.5 Å². The van der Waals surface area contributed by atoms with Crippen molar-refractivity contribution in [3.63, 3.8) is 0 Å². The first-order valence-electron chi connectivity index (χ1n) is 8.18. The molecule has 134 valence electrons. The van der Waals surface area contributed by atoms with Crippen LogP contribution in [0.25, 0.3) is 0 Å². The second-order valence-electron chi connectivity index (χ2n) is 6.06. The average molecular weight is 363 g/mol. The highest BCUT2D eigenvalue weighted by Crippen LogP contribution is 2.25. The Kier molecular flexibility index (Phi) is 4.80. The summed E-state index contributed by atoms with van der Waals surface area (Å²) in [6.45, 7) is 4.28. The molecule has 1 aromatic carbocycles. The standard InChI is InChI=1S/C17H21N3O4S/c1-3-24-15-6-4-13(5-7-15)19-17(21)16-10-18-20(12(16)2)14-8-9-25(22,23)11-14/h4-7,10,14H,3,8-9,11H2,1-2H3,(H,19,21). The van der Waals surface area contributed by atoms with Crippen molar-refractivity contribution in [3.8, 4) is 5.75 Å². The fourth-order valence-corrected chi connectivity index (χ4v) is 4.67. The second kappa shape index (κ2) is 6.87. The van der Waals surface area contributed by atoms with Crippen molar-refractivity contribution in [1.82, 2.24) is 9.78 Å². The van der Waals surface area contributed by atoms with Crippen molar-refractivity contribution in [1.29, 1.82) is 0 Å². The van der Waals surface area contributed by atoms with Gasteiger partial charge in [-0.05, 0) is 44.5 Å². The Morgan fingerprint density at radius 3 is 2.68 bits per heavy atom. The van der Waals surface area contributed by atoms with Crippen molar-refractivity contribution in [2.24, 2.45) is 0 Å². The minimum atomic E-state index is -3.00. The maximum atomic E-state index is 12.5. The minimum Gasteiger partial charge on any atom is -0.494 e. The first-order chi connectivity index (χ1) is 11.9. The lowest BCUT2D eigenvalue weighted by Gasteiger charge is -2.11. The topological polar surface area (TPSA) is 90.3 Å². The Balaban J connectivity index is 1.72. The molecular formula is C17H21N3O4S. The van der Waals surface area contributed by atoms with Crippen molar-refractivity contribution in [2.45, 2.75) is 26.3 Å². The molecule has 8 heteroatoms. The van der Waals surface area contributed by atoms with E-state index >= 15 is 0 Å². The molecule has 1 aromatic heterocycles. The molecule has 0 aliphatic carbocycles. The van der Waals surface area contributed by atoms with Gasteiger partial charge >= 0.3 is 0 Å². The van der Waals surface area contributed by atoms with Crippen LogP contribution in [-0.4, -0.2) is 42.2 Å². The van der Waals surface area contributed by atoms with Crippen molar-refractivity contribution in [3.05, 3.63) is 41.7 Å². The van der Waals surface area contributed by atoms with Crippen molar-refractivity contribution >= 4 is 21.4 Å². The van der Waals surface area contributed by atoms with E-state index in [1.165, 1.54) is 6.20 Å². The Hall–Kier alpha value is -2.35. The predicted molar refractivity (Wildman–Crippen MR) is 94.8 cm³/mol. The van der Waals surface area contributed by atoms with Crippen LogP contribution in [-0.2, 0) is 9.84 Å². The summed E-state index contributed by atoms with van der Waals surface area (Å²) in [6.07, 6.45) is 2.02. The van der Waals surface area contributed by atoms with Gasteiger partial charge in [-0.3, -0.25) is 9.48 Å². The number of ether oxygens (including phenoxy) is 1. The predicted octanol–water partition coefficient (Wildman–Crippen LogP) is 2.20. The third-order valence-electron chi connectivity index (χ3n) is 4.27. The number of carbonyl (C=O) groups excluding carboxylic acids is 1. The highest BCUT2D eigenvalue weighted by atomic mass is 32.2. The molecule has 0 bridgehead atoms. The third kappa shape index (κ3) is 3.84. The molecule has 0 radical (unpaired) electrons. The molecule has 1 saturated heterocycles. The quantitative estimate of drug-likeness (QED) is 0.879. The van der Waals surface area contributed by atoms with Gasteiger partial charge in [0.15, 0.2) is 9.84 Å². The summed E-state index contributed by atoms with van der Waals surface area (Å²) < 4.78 is 30.3. The van der Waals surface area contributed by atoms with Gasteiger partial charge in [-0.15, -0.1) is 0 Å². The van der Waals surface area contributed by atoms with E-state index in [-0.39, 0.29) is 23.5 Å². The van der Waals surface area contributed by atoms with Crippen LogP contribution in [0.2, 0.25) is 0 Å². The fraction of sp³-hybridized carbons (Fsp3) is 0.412. The SMILES string of the molecule is CCOc1ccc(NC(=O)c2cnn(C3CCS(=O)(=O)C3)c2C)cc1. The number of aromatic nitrogens is 2. The molecule has 1 amide bonds. The van der Waals surface area contributed by atoms with Crippen LogP contribution < -0.4 is 10.1 Å². The van der Waals surface area contributed by atoms with E-state index in [2.05, 4.69) is 10.4 Å². The summed E-state index contributed by atoms with van der Waals surface area (Å²) in [7, 11) is -3.00. The number of hydrogen-bond donors (Lipinski definition) is 1. The van der Waals surface area contributed by atoms with Crippen LogP contribution >= 0.6 is 0 Å². The Morgan fingerprint density at radius 1 is 1.36 bits per heavy atom. The first-order valence-corrected chi connectivity index (χ1v) is 10.0. The maximum absolute atomic E-state index is 12.5. The number of sulfone groups is 1. The van der Waals surface area contributed by atoms with E-state index in [4.69, 9.17) is 4.74 Å². The fourth-order valence-electron chi connectivity index (χ4n) is 2.98. The molecule has 1 aliphatic heterocycles. The van der Waals surface area contributed by atoms with E-state index in [1.807, 2.05) is 6.92 Å². The Morgan fingerprint density at radius 2 is 2.08 bits per heavy atom. The lowest BCUT2D eigenvalue weighted by molar-refractivity contribution is 0.102. The molecular weight excluding hydrogens is 342 g/mol. The van der Waals surface area contributed by atoms with Crippen LogP contribution in [0.1, 0.15) is 35.4 Å². The minimum absolute atomic E-state index is 0.0788. The molecule has 1 atom stereocenters. The average Bonchev–Trinajstić information content (AvgIpc) is 3.11. The molecule has 7 nitrogen and oxygen atoms in total. The maximum Gasteiger partial charge on any atom is 0.259 e. The van der Waals surface area contributed by atoms with E-state index < -0.39 is 9.84 Å². The van der Waals surface area contributed by atoms with Gasteiger partial charge in [-0.2, -0.15) is 5.10 Å². The summed E-state index contributed by atoms with van der Waals surface area (Å²) in [5.74, 6) is 0.723. The zero-order valence-electron chi connectivity index (χ0n) is 14.2. The number of hydrogen-bond acceptors (Lipinski definition) is 5. The van der Waals surface area contributed by atoms with Crippen molar-refractivity contribution in [2.75, 3.05) is 23.4 Å². The molecule has 0 saturated carbocycles. The monoisotopic (exact) mass is 363 g/mol. The van der Waals surface area contributed by atoms with Gasteiger partial charge in [0.1, 0.15) is 5.75 Å². The van der Waals surface area contributed by atoms with E-state index in [9.17, 15) is 13.2 Å². The molecule has 1 aliphatic rings. The number of carbonyl (C=O) groups is 1. The van der Waals surface area contributed by atoms with Crippen LogP contribution in [0.3, 0.4) is 0 Å². The van der Waals surface area contributed by atoms with Gasteiger partial charge in [-0.25, -0.2) is 8.42 Å². The molecule has 1 fully saturated rings. The smallest absolute Gasteiger partial charge is 0.259 e. The normalized spacial score (nSPS) is 18.9. The van der Waals surface area contributed by atoms with Gasteiger partial charge in [-0.1, -0.05) is 0 Å². The largest absolute Gasteiger partial charge is 0.494 e. The van der Waals surface area contributed by atoms with Crippen LogP contribution in [0.5, 0.6) is 5.75 Å². The number of nitrogens with zero attached hydrogens (tertiary/aromatic N) is 2. The van der Waals surface area contributed by atoms with E-state index in [0.29, 0.717) is 30.0 Å². The molecule has 1 N–H and O–H groups in total. The molecule has 25 heavy (non-hydrogen) atoms. The Labute approximate surface area is 146 Å². The highest BCUT2D eigenvalue weighted by molar-refractivity contribution is 7.91. The summed E-state index contributed by atoms with van der Waals surface area (Å²) in [4.78, 5) is 12.5. The zero-order chi connectivity index (χ0) is 18.0. The number of rotatable bonds is 5. The number of nitrogens with one attached hydrogen (secondary N) is 1. The lowest BCUT2D eigenvalue weighted by atomic mass is 10.2. The summed E-state index contributed by atoms with van der Waals surface area (Å²) in [5, 5.41) is 7.06. The number of benzene rings is 1. The highest BCUT2D eigenvalue weighted by Gasteiger charge is 2.31. The Bertz CT molecular complexity index is 872. The summed E-state index contributed by atoms with van der Waals surface area (Å²) in [5.41, 5.74) is 1.77. The molecule has 1 unspecified atom stereocenters. The van der Waals surface area contributed by atoms with Gasteiger partial charge < -0.3 is 10.1 Å². The van der Waals surface area contributed by atoms with Gasteiger partial charge in [0.25, 0.3) is 5.91 Å². The molecule has 2 heterocycles. The van der Waals surface area contributed by atoms with E-state index in [1.54, 1.807) is 35.9 Å². The molecule has 0 spiro atoms. The lowest BCUT2D eigenvalue weighted by Crippen LogP contribution is -2.16. The summed E-state index contributed by atoms with van der Waals surface area (Å²) in [6, 6.07) is 6.92. The van der Waals surface area contributed by atoms with Crippen LogP contribution in [0, 0.1) is 6.92 Å². The van der Waals surface area contributed by atoms with Gasteiger partial charge in [0, 0.05) is 11.4 Å². The second-order valence-corrected chi connectivity index (χ2v) is 8.29. The van der Waals surface area contributed by atoms with Crippen molar-refractivity contribution < 1.29 is 17.9 Å². The number of anilines is 1. The first kappa shape index (κ1) is 17.5. The third-order valence-corrected chi connectivity index (χ3v) is 6.02.